The summed E-state index contributed by atoms with van der Waals surface area (Å²) in [6, 6.07) is 14.9. The molecule has 41 heavy (non-hydrogen) atoms. The molecular weight excluding hydrogens is 578 g/mol. The maximum atomic E-state index is 12.9. The molecule has 0 aromatic heterocycles. The summed E-state index contributed by atoms with van der Waals surface area (Å²) >= 11 is 1.05. The zero-order valence-corrected chi connectivity index (χ0v) is 24.1. The van der Waals surface area contributed by atoms with E-state index in [1.165, 1.54) is 38.1 Å². The van der Waals surface area contributed by atoms with E-state index in [1.807, 2.05) is 0 Å². The van der Waals surface area contributed by atoms with Gasteiger partial charge in [0.25, 0.3) is 0 Å². The Labute approximate surface area is 244 Å². The molecule has 1 atom stereocenters. The zero-order valence-electron chi connectivity index (χ0n) is 22.5. The van der Waals surface area contributed by atoms with Gasteiger partial charge in [-0.3, -0.25) is 4.79 Å². The van der Waals surface area contributed by atoms with E-state index in [2.05, 4.69) is 5.32 Å². The van der Waals surface area contributed by atoms with Gasteiger partial charge in [0.2, 0.25) is 19.5 Å². The number of esters is 3. The highest BCUT2D eigenvalue weighted by atomic mass is 32.2. The first-order valence-electron chi connectivity index (χ1n) is 12.1. The molecule has 0 spiro atoms. The standard InChI is InChI=1S/C27H29NO11S2/c1-4-35-23(31)20(15-40-25(33)38-16-36-21(29)18-11-7-5-8-12-18)28-24(32)27(2,3)41-26(34)39-17-37-22(30)19-13-9-6-10-14-19/h5-14,20H,4,15-17H2,1-3H3,(H,28,32)/t20-/m0/s1. The van der Waals surface area contributed by atoms with Crippen molar-refractivity contribution in [2.75, 3.05) is 25.9 Å². The molecule has 0 fully saturated rings. The van der Waals surface area contributed by atoms with Gasteiger partial charge in [-0.1, -0.05) is 36.4 Å². The second-order valence-electron chi connectivity index (χ2n) is 8.32. The van der Waals surface area contributed by atoms with Crippen LogP contribution in [0.2, 0.25) is 0 Å². The topological polar surface area (TPSA) is 161 Å². The highest BCUT2D eigenvalue weighted by Gasteiger charge is 2.36. The van der Waals surface area contributed by atoms with Crippen LogP contribution in [0.1, 0.15) is 41.5 Å². The minimum absolute atomic E-state index is 0.0158. The summed E-state index contributed by atoms with van der Waals surface area (Å²) in [5, 5.41) is 0.687. The maximum Gasteiger partial charge on any atom is 0.371 e. The summed E-state index contributed by atoms with van der Waals surface area (Å²) < 4.78 is 23.0. The largest absolute Gasteiger partial charge is 0.464 e. The van der Waals surface area contributed by atoms with Crippen LogP contribution in [0.3, 0.4) is 0 Å². The monoisotopic (exact) mass is 607 g/mol. The summed E-state index contributed by atoms with van der Waals surface area (Å²) in [5.41, 5.74) is 0.551. The van der Waals surface area contributed by atoms with Gasteiger partial charge in [-0.2, -0.15) is 0 Å². The van der Waals surface area contributed by atoms with E-state index in [-0.39, 0.29) is 23.5 Å². The molecule has 0 bridgehead atoms. The number of hydrogen-bond donors (Lipinski definition) is 1. The molecule has 0 aliphatic carbocycles. The number of thioether (sulfide) groups is 2. The molecule has 2 aromatic carbocycles. The Balaban J connectivity index is 1.82. The average molecular weight is 608 g/mol. The van der Waals surface area contributed by atoms with Crippen molar-refractivity contribution in [2.24, 2.45) is 0 Å². The van der Waals surface area contributed by atoms with Gasteiger partial charge < -0.3 is 29.0 Å². The molecule has 12 nitrogen and oxygen atoms in total. The molecule has 220 valence electrons. The second-order valence-corrected chi connectivity index (χ2v) is 10.8. The average Bonchev–Trinajstić information content (AvgIpc) is 2.95. The van der Waals surface area contributed by atoms with E-state index in [4.69, 9.17) is 23.7 Å². The Morgan fingerprint density at radius 1 is 0.732 bits per heavy atom. The fourth-order valence-corrected chi connectivity index (χ4v) is 4.13. The van der Waals surface area contributed by atoms with Crippen LogP contribution in [-0.2, 0) is 33.3 Å². The summed E-state index contributed by atoms with van der Waals surface area (Å²) in [4.78, 5) is 73.5. The van der Waals surface area contributed by atoms with E-state index in [0.29, 0.717) is 23.5 Å². The highest BCUT2D eigenvalue weighted by Crippen LogP contribution is 2.27. The molecule has 14 heteroatoms. The van der Waals surface area contributed by atoms with E-state index < -0.39 is 58.8 Å². The van der Waals surface area contributed by atoms with Crippen molar-refractivity contribution in [1.29, 1.82) is 0 Å². The maximum absolute atomic E-state index is 12.9. The fourth-order valence-electron chi connectivity index (χ4n) is 2.80. The van der Waals surface area contributed by atoms with Crippen molar-refractivity contribution < 1.29 is 52.5 Å². The predicted octanol–water partition coefficient (Wildman–Crippen LogP) is 4.18. The van der Waals surface area contributed by atoms with E-state index in [9.17, 15) is 28.8 Å². The van der Waals surface area contributed by atoms with Crippen molar-refractivity contribution in [2.45, 2.75) is 31.6 Å². The summed E-state index contributed by atoms with van der Waals surface area (Å²) in [5.74, 6) is -3.19. The van der Waals surface area contributed by atoms with Gasteiger partial charge in [0, 0.05) is 5.75 Å². The van der Waals surface area contributed by atoms with Crippen LogP contribution >= 0.6 is 23.5 Å². The van der Waals surface area contributed by atoms with Crippen LogP contribution in [0.15, 0.2) is 60.7 Å². The smallest absolute Gasteiger partial charge is 0.371 e. The molecular formula is C27H29NO11S2. The number of ether oxygens (including phenoxy) is 5. The van der Waals surface area contributed by atoms with Crippen LogP contribution in [0.25, 0.3) is 0 Å². The van der Waals surface area contributed by atoms with Crippen LogP contribution < -0.4 is 5.32 Å². The SMILES string of the molecule is CCOC(=O)[C@H](CSC(=O)OCOC(=O)c1ccccc1)NC(=O)C(C)(C)SC(=O)OCOC(=O)c1ccccc1. The summed E-state index contributed by atoms with van der Waals surface area (Å²) in [6.45, 7) is 3.09. The Kier molecular flexibility index (Phi) is 13.7. The number of carbonyl (C=O) groups excluding carboxylic acids is 6. The van der Waals surface area contributed by atoms with Crippen molar-refractivity contribution >= 4 is 57.9 Å². The van der Waals surface area contributed by atoms with Crippen LogP contribution in [0, 0.1) is 0 Å². The summed E-state index contributed by atoms with van der Waals surface area (Å²) in [7, 11) is 0. The molecule has 0 heterocycles. The van der Waals surface area contributed by atoms with Crippen molar-refractivity contribution in [3.8, 4) is 0 Å². The molecule has 2 rings (SSSR count). The molecule has 2 aromatic rings. The molecule has 0 unspecified atom stereocenters. The lowest BCUT2D eigenvalue weighted by molar-refractivity contribution is -0.146. The Morgan fingerprint density at radius 2 is 1.22 bits per heavy atom. The third kappa shape index (κ3) is 11.9. The molecule has 0 aliphatic heterocycles. The molecule has 0 saturated carbocycles. The van der Waals surface area contributed by atoms with Crippen LogP contribution in [0.4, 0.5) is 9.59 Å². The second kappa shape index (κ2) is 16.9. The van der Waals surface area contributed by atoms with Crippen LogP contribution in [-0.4, -0.2) is 71.2 Å². The number of rotatable bonds is 13. The lowest BCUT2D eigenvalue weighted by Gasteiger charge is -2.25. The van der Waals surface area contributed by atoms with Gasteiger partial charge in [0.1, 0.15) is 6.04 Å². The first-order valence-corrected chi connectivity index (χ1v) is 13.9. The number of carbonyl (C=O) groups is 6. The minimum Gasteiger partial charge on any atom is -0.464 e. The van der Waals surface area contributed by atoms with Gasteiger partial charge in [-0.15, -0.1) is 0 Å². The lowest BCUT2D eigenvalue weighted by Crippen LogP contribution is -2.50. The molecule has 0 aliphatic rings. The van der Waals surface area contributed by atoms with E-state index in [0.717, 1.165) is 0 Å². The number of hydrogen-bond acceptors (Lipinski definition) is 13. The van der Waals surface area contributed by atoms with Crippen LogP contribution in [0.5, 0.6) is 0 Å². The minimum atomic E-state index is -1.43. The Morgan fingerprint density at radius 3 is 1.71 bits per heavy atom. The van der Waals surface area contributed by atoms with Gasteiger partial charge in [0.05, 0.1) is 22.5 Å². The van der Waals surface area contributed by atoms with Gasteiger partial charge in [-0.25, -0.2) is 24.0 Å². The summed E-state index contributed by atoms with van der Waals surface area (Å²) in [6.07, 6.45) is 0. The Hall–Kier alpha value is -4.04. The van der Waals surface area contributed by atoms with Crippen molar-refractivity contribution in [3.63, 3.8) is 0 Å². The van der Waals surface area contributed by atoms with Crippen molar-refractivity contribution in [1.82, 2.24) is 5.32 Å². The third-order valence-electron chi connectivity index (χ3n) is 4.88. The first-order chi connectivity index (χ1) is 19.5. The fraction of sp³-hybridized carbons (Fsp3) is 0.333. The van der Waals surface area contributed by atoms with E-state index >= 15 is 0 Å². The van der Waals surface area contributed by atoms with Gasteiger partial charge >= 0.3 is 28.5 Å². The number of amides is 1. The zero-order chi connectivity index (χ0) is 30.3. The normalized spacial score (nSPS) is 11.4. The molecule has 0 saturated heterocycles. The highest BCUT2D eigenvalue weighted by molar-refractivity contribution is 8.15. The number of nitrogens with one attached hydrogen (secondary N) is 1. The first kappa shape index (κ1) is 33.2. The molecule has 1 N–H and O–H groups in total. The quantitative estimate of drug-likeness (QED) is 0.196. The van der Waals surface area contributed by atoms with Crippen molar-refractivity contribution in [3.05, 3.63) is 71.8 Å². The lowest BCUT2D eigenvalue weighted by atomic mass is 10.2. The predicted molar refractivity (Wildman–Crippen MR) is 149 cm³/mol. The Bertz CT molecular complexity index is 1210. The third-order valence-corrected chi connectivity index (χ3v) is 6.72. The van der Waals surface area contributed by atoms with Gasteiger partial charge in [-0.05, 0) is 68.6 Å². The van der Waals surface area contributed by atoms with Gasteiger partial charge in [0.15, 0.2) is 0 Å². The number of benzene rings is 2. The van der Waals surface area contributed by atoms with E-state index in [1.54, 1.807) is 43.3 Å². The molecule has 1 amide bonds. The molecule has 0 radical (unpaired) electrons.